The van der Waals surface area contributed by atoms with Crippen molar-refractivity contribution < 1.29 is 0 Å². The van der Waals surface area contributed by atoms with Crippen LogP contribution in [-0.2, 0) is 19.5 Å². The van der Waals surface area contributed by atoms with Crippen LogP contribution < -0.4 is 10.6 Å². The van der Waals surface area contributed by atoms with Crippen molar-refractivity contribution in [2.24, 2.45) is 4.99 Å². The number of aliphatic imine (C=N–C) groups is 1. The van der Waals surface area contributed by atoms with Crippen molar-refractivity contribution in [2.75, 3.05) is 18.8 Å². The Kier molecular flexibility index (Phi) is 8.53. The molecule has 0 radical (unpaired) electrons. The number of hydrogen-bond donors (Lipinski definition) is 2. The maximum atomic E-state index is 4.68. The first-order chi connectivity index (χ1) is 14.3. The number of guanidine groups is 1. The number of rotatable bonds is 10. The molecule has 0 saturated heterocycles. The minimum atomic E-state index is 0.537. The lowest BCUT2D eigenvalue weighted by Crippen LogP contribution is -2.40. The third kappa shape index (κ3) is 7.23. The molecule has 0 aliphatic carbocycles. The Balaban J connectivity index is 1.51. The van der Waals surface area contributed by atoms with Crippen molar-refractivity contribution >= 4 is 17.7 Å². The van der Waals surface area contributed by atoms with Gasteiger partial charge in [-0.1, -0.05) is 31.2 Å². The number of aryl methyl sites for hydroxylation is 1. The Morgan fingerprint density at radius 1 is 1.07 bits per heavy atom. The number of nitrogens with one attached hydrogen (secondary N) is 2. The van der Waals surface area contributed by atoms with E-state index in [1.54, 1.807) is 12.5 Å². The Morgan fingerprint density at radius 2 is 1.90 bits per heavy atom. The molecule has 152 valence electrons. The fourth-order valence-electron chi connectivity index (χ4n) is 2.72. The molecule has 0 fully saturated rings. The zero-order valence-electron chi connectivity index (χ0n) is 16.7. The molecule has 3 aromatic rings. The number of nitrogens with zero attached hydrogens (tertiary/aromatic N) is 5. The summed E-state index contributed by atoms with van der Waals surface area (Å²) < 4.78 is 2.06. The third-order valence-electron chi connectivity index (χ3n) is 4.19. The molecule has 1 aromatic carbocycles. The smallest absolute Gasteiger partial charge is 0.191 e. The normalized spacial score (nSPS) is 11.4. The molecule has 8 heteroatoms. The van der Waals surface area contributed by atoms with Crippen molar-refractivity contribution in [1.29, 1.82) is 0 Å². The fourth-order valence-corrected chi connectivity index (χ4v) is 3.50. The molecule has 0 saturated carbocycles. The topological polar surface area (TPSA) is 80.0 Å². The lowest BCUT2D eigenvalue weighted by atomic mass is 10.3. The summed E-state index contributed by atoms with van der Waals surface area (Å²) in [5.74, 6) is 2.74. The van der Waals surface area contributed by atoms with Gasteiger partial charge in [-0.15, -0.1) is 22.0 Å². The average Bonchev–Trinajstić information content (AvgIpc) is 3.23. The van der Waals surface area contributed by atoms with Crippen LogP contribution >= 0.6 is 11.8 Å². The number of pyridine rings is 1. The van der Waals surface area contributed by atoms with Crippen LogP contribution in [-0.4, -0.2) is 44.6 Å². The summed E-state index contributed by atoms with van der Waals surface area (Å²) in [6.45, 7) is 4.97. The molecule has 2 aromatic heterocycles. The van der Waals surface area contributed by atoms with E-state index in [0.717, 1.165) is 49.3 Å². The Morgan fingerprint density at radius 3 is 2.69 bits per heavy atom. The largest absolute Gasteiger partial charge is 0.356 e. The quantitative estimate of drug-likeness (QED) is 0.232. The van der Waals surface area contributed by atoms with Gasteiger partial charge in [-0.2, -0.15) is 0 Å². The van der Waals surface area contributed by atoms with Crippen molar-refractivity contribution in [2.45, 2.75) is 31.3 Å². The van der Waals surface area contributed by atoms with E-state index >= 15 is 0 Å². The third-order valence-corrected chi connectivity index (χ3v) is 5.20. The van der Waals surface area contributed by atoms with Gasteiger partial charge < -0.3 is 15.2 Å². The molecule has 0 bridgehead atoms. The highest BCUT2D eigenvalue weighted by Crippen LogP contribution is 2.15. The molecule has 0 atom stereocenters. The maximum Gasteiger partial charge on any atom is 0.191 e. The van der Waals surface area contributed by atoms with Gasteiger partial charge in [0.25, 0.3) is 0 Å². The summed E-state index contributed by atoms with van der Waals surface area (Å²) in [6.07, 6.45) is 4.44. The second-order valence-corrected chi connectivity index (χ2v) is 7.46. The molecule has 0 aliphatic rings. The molecule has 3 rings (SSSR count). The van der Waals surface area contributed by atoms with Crippen LogP contribution in [0.25, 0.3) is 0 Å². The van der Waals surface area contributed by atoms with E-state index in [0.29, 0.717) is 6.54 Å². The van der Waals surface area contributed by atoms with Gasteiger partial charge >= 0.3 is 0 Å². The number of thioether (sulfide) groups is 1. The van der Waals surface area contributed by atoms with Gasteiger partial charge in [0.1, 0.15) is 12.2 Å². The lowest BCUT2D eigenvalue weighted by molar-refractivity contribution is 0.632. The van der Waals surface area contributed by atoms with E-state index in [9.17, 15) is 0 Å². The lowest BCUT2D eigenvalue weighted by Gasteiger charge is -2.13. The van der Waals surface area contributed by atoms with Crippen LogP contribution in [0.15, 0.2) is 70.9 Å². The van der Waals surface area contributed by atoms with Crippen LogP contribution in [0.4, 0.5) is 0 Å². The van der Waals surface area contributed by atoms with E-state index in [-0.39, 0.29) is 0 Å². The van der Waals surface area contributed by atoms with Gasteiger partial charge in [0.15, 0.2) is 5.96 Å². The van der Waals surface area contributed by atoms with Crippen molar-refractivity contribution in [3.63, 3.8) is 0 Å². The highest BCUT2D eigenvalue weighted by Gasteiger charge is 2.03. The minimum absolute atomic E-state index is 0.537. The van der Waals surface area contributed by atoms with Gasteiger partial charge in [0.2, 0.25) is 0 Å². The molecule has 0 unspecified atom stereocenters. The zero-order chi connectivity index (χ0) is 20.2. The molecular weight excluding hydrogens is 382 g/mol. The highest BCUT2D eigenvalue weighted by molar-refractivity contribution is 7.99. The fraction of sp³-hybridized carbons (Fsp3) is 0.333. The molecule has 0 spiro atoms. The maximum absolute atomic E-state index is 4.68. The van der Waals surface area contributed by atoms with Gasteiger partial charge in [0.05, 0.1) is 12.2 Å². The standard InChI is InChI=1S/C21H27N7S/c1-2-20-27-26-17-28(20)14-12-23-21(25-16-18-8-6-7-11-22-18)24-13-15-29-19-9-4-3-5-10-19/h3-11,17H,2,12-16H2,1H3,(H2,23,24,25). The number of benzene rings is 1. The van der Waals surface area contributed by atoms with Gasteiger partial charge in [-0.3, -0.25) is 4.98 Å². The van der Waals surface area contributed by atoms with Gasteiger partial charge in [-0.05, 0) is 24.3 Å². The molecule has 0 amide bonds. The van der Waals surface area contributed by atoms with Crippen LogP contribution in [0.2, 0.25) is 0 Å². The predicted octanol–water partition coefficient (Wildman–Crippen LogP) is 2.76. The zero-order valence-corrected chi connectivity index (χ0v) is 17.5. The summed E-state index contributed by atoms with van der Waals surface area (Å²) in [7, 11) is 0. The van der Waals surface area contributed by atoms with Gasteiger partial charge in [0, 0.05) is 42.9 Å². The minimum Gasteiger partial charge on any atom is -0.356 e. The second kappa shape index (κ2) is 11.9. The predicted molar refractivity (Wildman–Crippen MR) is 118 cm³/mol. The van der Waals surface area contributed by atoms with E-state index < -0.39 is 0 Å². The molecule has 2 N–H and O–H groups in total. The van der Waals surface area contributed by atoms with Crippen molar-refractivity contribution in [1.82, 2.24) is 30.4 Å². The summed E-state index contributed by atoms with van der Waals surface area (Å²) in [5.41, 5.74) is 0.944. The number of hydrogen-bond acceptors (Lipinski definition) is 5. The molecule has 0 aliphatic heterocycles. The van der Waals surface area contributed by atoms with E-state index in [1.165, 1.54) is 4.90 Å². The van der Waals surface area contributed by atoms with E-state index in [2.05, 4.69) is 66.6 Å². The SMILES string of the molecule is CCc1nncn1CCNC(=NCc1ccccn1)NCCSc1ccccc1. The van der Waals surface area contributed by atoms with Crippen molar-refractivity contribution in [3.8, 4) is 0 Å². The van der Waals surface area contributed by atoms with Crippen LogP contribution in [0.3, 0.4) is 0 Å². The monoisotopic (exact) mass is 409 g/mol. The summed E-state index contributed by atoms with van der Waals surface area (Å²) in [5, 5.41) is 14.9. The average molecular weight is 410 g/mol. The van der Waals surface area contributed by atoms with Crippen molar-refractivity contribution in [3.05, 3.63) is 72.6 Å². The first kappa shape index (κ1) is 20.9. The Labute approximate surface area is 176 Å². The van der Waals surface area contributed by atoms with E-state index in [4.69, 9.17) is 0 Å². The van der Waals surface area contributed by atoms with Crippen LogP contribution in [0, 0.1) is 0 Å². The molecular formula is C21H27N7S. The Hall–Kier alpha value is -2.87. The van der Waals surface area contributed by atoms with E-state index in [1.807, 2.05) is 36.0 Å². The first-order valence-electron chi connectivity index (χ1n) is 9.81. The number of aromatic nitrogens is 4. The van der Waals surface area contributed by atoms with Crippen LogP contribution in [0.1, 0.15) is 18.4 Å². The van der Waals surface area contributed by atoms with Gasteiger partial charge in [-0.25, -0.2) is 4.99 Å². The summed E-state index contributed by atoms with van der Waals surface area (Å²) >= 11 is 1.83. The Bertz CT molecular complexity index is 865. The molecule has 2 heterocycles. The summed E-state index contributed by atoms with van der Waals surface area (Å²) in [4.78, 5) is 10.3. The second-order valence-electron chi connectivity index (χ2n) is 6.30. The highest BCUT2D eigenvalue weighted by atomic mass is 32.2. The molecule has 7 nitrogen and oxygen atoms in total. The van der Waals surface area contributed by atoms with Crippen LogP contribution in [0.5, 0.6) is 0 Å². The molecule has 29 heavy (non-hydrogen) atoms. The first-order valence-corrected chi connectivity index (χ1v) is 10.8. The summed E-state index contributed by atoms with van der Waals surface area (Å²) in [6, 6.07) is 16.3.